The first-order valence-electron chi connectivity index (χ1n) is 9.68. The SMILES string of the molecule is C[C@@H](NC(=O)c1ccc(S(=O)(=O)N(C)C)cc1)C(=O)OCc1ncc(-c2ccccc2)o1. The van der Waals surface area contributed by atoms with Crippen LogP contribution in [0.3, 0.4) is 0 Å². The summed E-state index contributed by atoms with van der Waals surface area (Å²) in [7, 11) is -0.752. The number of hydrogen-bond acceptors (Lipinski definition) is 7. The maximum Gasteiger partial charge on any atom is 0.328 e. The van der Waals surface area contributed by atoms with Gasteiger partial charge in [0, 0.05) is 25.2 Å². The Balaban J connectivity index is 1.54. The van der Waals surface area contributed by atoms with Crippen LogP contribution in [-0.2, 0) is 26.2 Å². The van der Waals surface area contributed by atoms with Crippen molar-refractivity contribution in [2.24, 2.45) is 0 Å². The first-order valence-corrected chi connectivity index (χ1v) is 11.1. The number of esters is 1. The number of nitrogens with zero attached hydrogens (tertiary/aromatic N) is 2. The van der Waals surface area contributed by atoms with Crippen molar-refractivity contribution < 1.29 is 27.2 Å². The number of benzene rings is 2. The highest BCUT2D eigenvalue weighted by Crippen LogP contribution is 2.20. The number of carbonyl (C=O) groups is 2. The van der Waals surface area contributed by atoms with Crippen LogP contribution in [0.15, 0.2) is 70.1 Å². The maximum absolute atomic E-state index is 12.4. The number of aromatic nitrogens is 1. The molecule has 0 aliphatic carbocycles. The number of nitrogens with one attached hydrogen (secondary N) is 1. The second kappa shape index (κ2) is 9.75. The minimum absolute atomic E-state index is 0.0623. The highest BCUT2D eigenvalue weighted by Gasteiger charge is 2.21. The average Bonchev–Trinajstić information content (AvgIpc) is 3.27. The van der Waals surface area contributed by atoms with Crippen LogP contribution in [0.1, 0.15) is 23.2 Å². The summed E-state index contributed by atoms with van der Waals surface area (Å²) in [6.45, 7) is 1.30. The summed E-state index contributed by atoms with van der Waals surface area (Å²) >= 11 is 0. The van der Waals surface area contributed by atoms with E-state index in [-0.39, 0.29) is 23.0 Å². The van der Waals surface area contributed by atoms with Gasteiger partial charge in [-0.05, 0) is 31.2 Å². The summed E-state index contributed by atoms with van der Waals surface area (Å²) in [4.78, 5) is 28.8. The van der Waals surface area contributed by atoms with Gasteiger partial charge < -0.3 is 14.5 Å². The van der Waals surface area contributed by atoms with Gasteiger partial charge in [0.25, 0.3) is 5.91 Å². The number of ether oxygens (including phenoxy) is 1. The van der Waals surface area contributed by atoms with Gasteiger partial charge in [0.2, 0.25) is 15.9 Å². The van der Waals surface area contributed by atoms with Crippen molar-refractivity contribution in [3.05, 3.63) is 72.2 Å². The smallest absolute Gasteiger partial charge is 0.328 e. The minimum Gasteiger partial charge on any atom is -0.454 e. The lowest BCUT2D eigenvalue weighted by molar-refractivity contribution is -0.147. The topological polar surface area (TPSA) is 119 Å². The zero-order valence-electron chi connectivity index (χ0n) is 17.8. The maximum atomic E-state index is 12.4. The van der Waals surface area contributed by atoms with Crippen LogP contribution in [-0.4, -0.2) is 49.7 Å². The molecule has 168 valence electrons. The van der Waals surface area contributed by atoms with Gasteiger partial charge in [-0.1, -0.05) is 30.3 Å². The summed E-state index contributed by atoms with van der Waals surface area (Å²) in [6, 6.07) is 13.9. The zero-order chi connectivity index (χ0) is 23.3. The normalized spacial score (nSPS) is 12.4. The molecule has 0 aliphatic heterocycles. The predicted octanol–water partition coefficient (Wildman–Crippen LogP) is 2.45. The Labute approximate surface area is 186 Å². The molecule has 1 atom stereocenters. The van der Waals surface area contributed by atoms with Crippen molar-refractivity contribution in [1.82, 2.24) is 14.6 Å². The Bertz CT molecular complexity index is 1190. The van der Waals surface area contributed by atoms with Crippen molar-refractivity contribution in [3.8, 4) is 11.3 Å². The van der Waals surface area contributed by atoms with Gasteiger partial charge in [0.15, 0.2) is 12.4 Å². The summed E-state index contributed by atoms with van der Waals surface area (Å²) in [5.41, 5.74) is 1.06. The fraction of sp³-hybridized carbons (Fsp3) is 0.227. The molecule has 10 heteroatoms. The first kappa shape index (κ1) is 23.2. The van der Waals surface area contributed by atoms with Crippen LogP contribution < -0.4 is 5.32 Å². The van der Waals surface area contributed by atoms with Crippen molar-refractivity contribution >= 4 is 21.9 Å². The van der Waals surface area contributed by atoms with Gasteiger partial charge in [-0.2, -0.15) is 0 Å². The van der Waals surface area contributed by atoms with Crippen molar-refractivity contribution in [3.63, 3.8) is 0 Å². The largest absolute Gasteiger partial charge is 0.454 e. The fourth-order valence-corrected chi connectivity index (χ4v) is 3.60. The molecule has 1 N–H and O–H groups in total. The van der Waals surface area contributed by atoms with E-state index >= 15 is 0 Å². The van der Waals surface area contributed by atoms with E-state index in [1.807, 2.05) is 30.3 Å². The molecule has 0 radical (unpaired) electrons. The van der Waals surface area contributed by atoms with E-state index in [1.54, 1.807) is 6.20 Å². The molecule has 0 fully saturated rings. The summed E-state index contributed by atoms with van der Waals surface area (Å²) < 4.78 is 36.0. The molecule has 0 saturated heterocycles. The Hall–Kier alpha value is -3.50. The lowest BCUT2D eigenvalue weighted by atomic mass is 10.2. The monoisotopic (exact) mass is 457 g/mol. The standard InChI is InChI=1S/C22H23N3O6S/c1-15(24-21(26)17-9-11-18(12-10-17)32(28,29)25(2)3)22(27)30-14-20-23-13-19(31-20)16-7-5-4-6-8-16/h4-13,15H,14H2,1-3H3,(H,24,26)/t15-/m1/s1. The molecule has 0 unspecified atom stereocenters. The highest BCUT2D eigenvalue weighted by molar-refractivity contribution is 7.89. The number of carbonyl (C=O) groups excluding carboxylic acids is 2. The van der Waals surface area contributed by atoms with Crippen molar-refractivity contribution in [1.29, 1.82) is 0 Å². The van der Waals surface area contributed by atoms with E-state index < -0.39 is 27.9 Å². The Kier molecular flexibility index (Phi) is 7.06. The molecule has 3 rings (SSSR count). The second-order valence-electron chi connectivity index (χ2n) is 7.10. The minimum atomic E-state index is -3.59. The number of amides is 1. The fourth-order valence-electron chi connectivity index (χ4n) is 2.70. The molecule has 9 nitrogen and oxygen atoms in total. The van der Waals surface area contributed by atoms with Gasteiger partial charge in [0.1, 0.15) is 6.04 Å². The van der Waals surface area contributed by atoms with E-state index in [9.17, 15) is 18.0 Å². The third-order valence-corrected chi connectivity index (χ3v) is 6.38. The molecule has 0 spiro atoms. The Morgan fingerprint density at radius 2 is 1.75 bits per heavy atom. The van der Waals surface area contributed by atoms with Crippen molar-refractivity contribution in [2.75, 3.05) is 14.1 Å². The third-order valence-electron chi connectivity index (χ3n) is 4.55. The number of rotatable bonds is 8. The molecule has 32 heavy (non-hydrogen) atoms. The molecule has 0 aliphatic rings. The van der Waals surface area contributed by atoms with E-state index in [0.29, 0.717) is 5.76 Å². The van der Waals surface area contributed by atoms with Gasteiger partial charge in [0.05, 0.1) is 11.1 Å². The van der Waals surface area contributed by atoms with E-state index in [1.165, 1.54) is 45.3 Å². The molecular weight excluding hydrogens is 434 g/mol. The Morgan fingerprint density at radius 3 is 2.38 bits per heavy atom. The third kappa shape index (κ3) is 5.40. The Morgan fingerprint density at radius 1 is 1.09 bits per heavy atom. The zero-order valence-corrected chi connectivity index (χ0v) is 18.6. The second-order valence-corrected chi connectivity index (χ2v) is 9.25. The van der Waals surface area contributed by atoms with Crippen LogP contribution in [0.25, 0.3) is 11.3 Å². The molecule has 0 bridgehead atoms. The highest BCUT2D eigenvalue weighted by atomic mass is 32.2. The van der Waals surface area contributed by atoms with Crippen LogP contribution in [0.5, 0.6) is 0 Å². The predicted molar refractivity (Wildman–Crippen MR) is 116 cm³/mol. The molecule has 3 aromatic rings. The first-order chi connectivity index (χ1) is 15.2. The molecule has 0 saturated carbocycles. The molecule has 1 amide bonds. The van der Waals surface area contributed by atoms with E-state index in [4.69, 9.17) is 9.15 Å². The van der Waals surface area contributed by atoms with Gasteiger partial charge in [-0.15, -0.1) is 0 Å². The van der Waals surface area contributed by atoms with Gasteiger partial charge in [-0.3, -0.25) is 4.79 Å². The summed E-state index contributed by atoms with van der Waals surface area (Å²) in [5, 5.41) is 2.52. The lowest BCUT2D eigenvalue weighted by Crippen LogP contribution is -2.39. The lowest BCUT2D eigenvalue weighted by Gasteiger charge is -2.14. The van der Waals surface area contributed by atoms with Crippen LogP contribution in [0.2, 0.25) is 0 Å². The van der Waals surface area contributed by atoms with E-state index in [0.717, 1.165) is 9.87 Å². The van der Waals surface area contributed by atoms with Gasteiger partial charge in [-0.25, -0.2) is 22.5 Å². The molecule has 1 aromatic heterocycles. The number of sulfonamides is 1. The summed E-state index contributed by atoms with van der Waals surface area (Å²) in [5.74, 6) is -0.415. The average molecular weight is 458 g/mol. The molecule has 1 heterocycles. The van der Waals surface area contributed by atoms with Gasteiger partial charge >= 0.3 is 5.97 Å². The van der Waals surface area contributed by atoms with E-state index in [2.05, 4.69) is 10.3 Å². The van der Waals surface area contributed by atoms with Crippen LogP contribution >= 0.6 is 0 Å². The molecular formula is C22H23N3O6S. The van der Waals surface area contributed by atoms with Crippen LogP contribution in [0.4, 0.5) is 0 Å². The summed E-state index contributed by atoms with van der Waals surface area (Å²) in [6.07, 6.45) is 1.55. The van der Waals surface area contributed by atoms with Crippen LogP contribution in [0, 0.1) is 0 Å². The quantitative estimate of drug-likeness (QED) is 0.516. The number of oxazole rings is 1. The van der Waals surface area contributed by atoms with Crippen molar-refractivity contribution in [2.45, 2.75) is 24.5 Å². The number of hydrogen-bond donors (Lipinski definition) is 1. The molecule has 2 aromatic carbocycles.